The molecule has 1 saturated heterocycles. The van der Waals surface area contributed by atoms with Crippen LogP contribution in [-0.4, -0.2) is 54.9 Å². The van der Waals surface area contributed by atoms with E-state index in [2.05, 4.69) is 22.3 Å². The molecular formula is C21H25N3O3. The number of hydrogen-bond acceptors (Lipinski definition) is 4. The molecule has 0 spiro atoms. The quantitative estimate of drug-likeness (QED) is 0.817. The highest BCUT2D eigenvalue weighted by atomic mass is 16.5. The molecule has 1 heterocycles. The second-order valence-corrected chi connectivity index (χ2v) is 6.55. The minimum Gasteiger partial charge on any atom is -0.496 e. The van der Waals surface area contributed by atoms with Crippen molar-refractivity contribution in [2.24, 2.45) is 0 Å². The van der Waals surface area contributed by atoms with Crippen LogP contribution in [0.25, 0.3) is 0 Å². The first-order valence-electron chi connectivity index (χ1n) is 9.12. The zero-order chi connectivity index (χ0) is 19.1. The van der Waals surface area contributed by atoms with Crippen LogP contribution in [0.5, 0.6) is 5.75 Å². The first-order chi connectivity index (χ1) is 13.2. The lowest BCUT2D eigenvalue weighted by Crippen LogP contribution is -2.52. The van der Waals surface area contributed by atoms with Crippen molar-refractivity contribution in [1.29, 1.82) is 0 Å². The van der Waals surface area contributed by atoms with Gasteiger partial charge in [-0.3, -0.25) is 14.5 Å². The summed E-state index contributed by atoms with van der Waals surface area (Å²) in [7, 11) is 1.58. The molecule has 2 aromatic rings. The highest BCUT2D eigenvalue weighted by Gasteiger charge is 2.25. The molecule has 3 rings (SSSR count). The third-order valence-corrected chi connectivity index (χ3v) is 4.73. The molecule has 1 fully saturated rings. The molecule has 0 radical (unpaired) electrons. The Balaban J connectivity index is 1.46. The third-order valence-electron chi connectivity index (χ3n) is 4.73. The van der Waals surface area contributed by atoms with E-state index in [0.29, 0.717) is 18.8 Å². The van der Waals surface area contributed by atoms with Gasteiger partial charge in [0.2, 0.25) is 0 Å². The number of benzene rings is 2. The van der Waals surface area contributed by atoms with E-state index in [4.69, 9.17) is 4.74 Å². The molecule has 0 saturated carbocycles. The highest BCUT2D eigenvalue weighted by Crippen LogP contribution is 2.16. The van der Waals surface area contributed by atoms with Gasteiger partial charge in [0.1, 0.15) is 5.75 Å². The SMILES string of the molecule is COc1ccccc1CNC(=O)C(=O)N1CCN(Cc2ccccc2)CC1. The predicted molar refractivity (Wildman–Crippen MR) is 103 cm³/mol. The van der Waals surface area contributed by atoms with Gasteiger partial charge >= 0.3 is 11.8 Å². The minimum absolute atomic E-state index is 0.266. The largest absolute Gasteiger partial charge is 0.496 e. The molecule has 142 valence electrons. The Morgan fingerprint density at radius 3 is 2.33 bits per heavy atom. The van der Waals surface area contributed by atoms with E-state index in [9.17, 15) is 9.59 Å². The van der Waals surface area contributed by atoms with Crippen LogP contribution in [0.3, 0.4) is 0 Å². The Bertz CT molecular complexity index is 771. The molecule has 0 aliphatic carbocycles. The second kappa shape index (κ2) is 9.19. The van der Waals surface area contributed by atoms with Gasteiger partial charge in [0.15, 0.2) is 0 Å². The average Bonchev–Trinajstić information content (AvgIpc) is 2.73. The van der Waals surface area contributed by atoms with Gasteiger partial charge in [0.25, 0.3) is 0 Å². The van der Waals surface area contributed by atoms with Gasteiger partial charge in [0, 0.05) is 44.8 Å². The van der Waals surface area contributed by atoms with Crippen LogP contribution in [-0.2, 0) is 22.7 Å². The number of methoxy groups -OCH3 is 1. The molecule has 0 aromatic heterocycles. The third kappa shape index (κ3) is 5.08. The molecular weight excluding hydrogens is 342 g/mol. The lowest BCUT2D eigenvalue weighted by Gasteiger charge is -2.34. The first kappa shape index (κ1) is 18.9. The fourth-order valence-corrected chi connectivity index (χ4v) is 3.19. The number of amides is 2. The second-order valence-electron chi connectivity index (χ2n) is 6.55. The molecule has 1 N–H and O–H groups in total. The maximum Gasteiger partial charge on any atom is 0.311 e. The van der Waals surface area contributed by atoms with Crippen molar-refractivity contribution in [3.8, 4) is 5.75 Å². The summed E-state index contributed by atoms with van der Waals surface area (Å²) in [6.45, 7) is 3.79. The van der Waals surface area contributed by atoms with Crippen molar-refractivity contribution in [2.75, 3.05) is 33.3 Å². The Morgan fingerprint density at radius 2 is 1.63 bits per heavy atom. The van der Waals surface area contributed by atoms with Gasteiger partial charge in [-0.15, -0.1) is 0 Å². The van der Waals surface area contributed by atoms with Gasteiger partial charge in [-0.05, 0) is 11.6 Å². The van der Waals surface area contributed by atoms with Gasteiger partial charge in [-0.1, -0.05) is 48.5 Å². The number of rotatable bonds is 5. The number of carbonyl (C=O) groups is 2. The average molecular weight is 367 g/mol. The van der Waals surface area contributed by atoms with Gasteiger partial charge in [-0.25, -0.2) is 0 Å². The van der Waals surface area contributed by atoms with Crippen molar-refractivity contribution in [3.63, 3.8) is 0 Å². The van der Waals surface area contributed by atoms with Crippen LogP contribution in [0.15, 0.2) is 54.6 Å². The fourth-order valence-electron chi connectivity index (χ4n) is 3.19. The summed E-state index contributed by atoms with van der Waals surface area (Å²) in [5.41, 5.74) is 2.10. The summed E-state index contributed by atoms with van der Waals surface area (Å²) in [6, 6.07) is 17.7. The Labute approximate surface area is 159 Å². The maximum atomic E-state index is 12.4. The summed E-state index contributed by atoms with van der Waals surface area (Å²) in [4.78, 5) is 28.6. The smallest absolute Gasteiger partial charge is 0.311 e. The number of ether oxygens (including phenoxy) is 1. The zero-order valence-electron chi connectivity index (χ0n) is 15.6. The van der Waals surface area contributed by atoms with E-state index in [0.717, 1.165) is 25.2 Å². The van der Waals surface area contributed by atoms with Gasteiger partial charge in [0.05, 0.1) is 7.11 Å². The summed E-state index contributed by atoms with van der Waals surface area (Å²) < 4.78 is 5.26. The molecule has 2 aromatic carbocycles. The first-order valence-corrected chi connectivity index (χ1v) is 9.12. The van der Waals surface area contributed by atoms with Gasteiger partial charge in [-0.2, -0.15) is 0 Å². The zero-order valence-corrected chi connectivity index (χ0v) is 15.6. The number of para-hydroxylation sites is 1. The van der Waals surface area contributed by atoms with Crippen molar-refractivity contribution >= 4 is 11.8 Å². The van der Waals surface area contributed by atoms with Crippen molar-refractivity contribution in [2.45, 2.75) is 13.1 Å². The van der Waals surface area contributed by atoms with E-state index < -0.39 is 11.8 Å². The Morgan fingerprint density at radius 1 is 0.963 bits per heavy atom. The van der Waals surface area contributed by atoms with E-state index in [1.807, 2.05) is 42.5 Å². The van der Waals surface area contributed by atoms with Gasteiger partial charge < -0.3 is 15.0 Å². The number of nitrogens with zero attached hydrogens (tertiary/aromatic N) is 2. The van der Waals surface area contributed by atoms with E-state index in [-0.39, 0.29) is 6.54 Å². The number of piperazine rings is 1. The monoisotopic (exact) mass is 367 g/mol. The fraction of sp³-hybridized carbons (Fsp3) is 0.333. The lowest BCUT2D eigenvalue weighted by molar-refractivity contribution is -0.147. The van der Waals surface area contributed by atoms with Crippen LogP contribution < -0.4 is 10.1 Å². The normalized spacial score (nSPS) is 14.6. The number of nitrogens with one attached hydrogen (secondary N) is 1. The van der Waals surface area contributed by atoms with Crippen LogP contribution in [0.1, 0.15) is 11.1 Å². The number of hydrogen-bond donors (Lipinski definition) is 1. The Kier molecular flexibility index (Phi) is 6.44. The molecule has 0 unspecified atom stereocenters. The van der Waals surface area contributed by atoms with E-state index >= 15 is 0 Å². The molecule has 6 heteroatoms. The molecule has 1 aliphatic rings. The summed E-state index contributed by atoms with van der Waals surface area (Å²) in [5, 5.41) is 2.70. The summed E-state index contributed by atoms with van der Waals surface area (Å²) in [6.07, 6.45) is 0. The molecule has 0 bridgehead atoms. The molecule has 2 amide bonds. The van der Waals surface area contributed by atoms with Crippen molar-refractivity contribution < 1.29 is 14.3 Å². The van der Waals surface area contributed by atoms with E-state index in [1.165, 1.54) is 5.56 Å². The standard InChI is InChI=1S/C21H25N3O3/c1-27-19-10-6-5-9-18(19)15-22-20(25)21(26)24-13-11-23(12-14-24)16-17-7-3-2-4-8-17/h2-10H,11-16H2,1H3,(H,22,25). The van der Waals surface area contributed by atoms with Crippen molar-refractivity contribution in [3.05, 3.63) is 65.7 Å². The van der Waals surface area contributed by atoms with Crippen LogP contribution in [0.4, 0.5) is 0 Å². The minimum atomic E-state index is -0.572. The number of carbonyl (C=O) groups excluding carboxylic acids is 2. The molecule has 6 nitrogen and oxygen atoms in total. The lowest BCUT2D eigenvalue weighted by atomic mass is 10.2. The molecule has 0 atom stereocenters. The Hall–Kier alpha value is -2.86. The summed E-state index contributed by atoms with van der Waals surface area (Å²) in [5.74, 6) is -0.346. The predicted octanol–water partition coefficient (Wildman–Crippen LogP) is 1.66. The van der Waals surface area contributed by atoms with Crippen LogP contribution >= 0.6 is 0 Å². The molecule has 27 heavy (non-hydrogen) atoms. The van der Waals surface area contributed by atoms with Crippen LogP contribution in [0, 0.1) is 0 Å². The maximum absolute atomic E-state index is 12.4. The van der Waals surface area contributed by atoms with Crippen LogP contribution in [0.2, 0.25) is 0 Å². The highest BCUT2D eigenvalue weighted by molar-refractivity contribution is 6.35. The van der Waals surface area contributed by atoms with E-state index in [1.54, 1.807) is 12.0 Å². The van der Waals surface area contributed by atoms with Crippen molar-refractivity contribution in [1.82, 2.24) is 15.1 Å². The summed E-state index contributed by atoms with van der Waals surface area (Å²) >= 11 is 0. The topological polar surface area (TPSA) is 61.9 Å². The molecule has 1 aliphatic heterocycles.